The largest absolute Gasteiger partial charge is 0.378 e. The molecule has 0 saturated carbocycles. The first-order valence-electron chi connectivity index (χ1n) is 8.49. The number of nitrogens with one attached hydrogen (secondary N) is 1. The van der Waals surface area contributed by atoms with Crippen LogP contribution in [-0.2, 0) is 4.74 Å². The normalized spacial score (nSPS) is 14.3. The lowest BCUT2D eigenvalue weighted by Crippen LogP contribution is -2.36. The molecule has 1 N–H and O–H groups in total. The van der Waals surface area contributed by atoms with Crippen molar-refractivity contribution < 1.29 is 9.66 Å². The van der Waals surface area contributed by atoms with E-state index in [1.54, 1.807) is 18.2 Å². The second-order valence-electron chi connectivity index (χ2n) is 6.07. The molecule has 1 aromatic carbocycles. The van der Waals surface area contributed by atoms with Gasteiger partial charge in [-0.3, -0.25) is 19.3 Å². The molecule has 1 saturated heterocycles. The number of morpholine rings is 1. The zero-order chi connectivity index (χ0) is 18.8. The highest BCUT2D eigenvalue weighted by molar-refractivity contribution is 5.68. The summed E-state index contributed by atoms with van der Waals surface area (Å²) in [6, 6.07) is 12.4. The molecule has 1 aliphatic heterocycles. The molecule has 3 heterocycles. The summed E-state index contributed by atoms with van der Waals surface area (Å²) in [4.78, 5) is 29.6. The molecule has 27 heavy (non-hydrogen) atoms. The summed E-state index contributed by atoms with van der Waals surface area (Å²) in [5, 5.41) is 14.3. The quantitative estimate of drug-likeness (QED) is 0.557. The lowest BCUT2D eigenvalue weighted by atomic mass is 10.2. The van der Waals surface area contributed by atoms with Crippen molar-refractivity contribution >= 4 is 28.5 Å². The van der Waals surface area contributed by atoms with Crippen LogP contribution in [0.5, 0.6) is 0 Å². The van der Waals surface area contributed by atoms with E-state index in [0.29, 0.717) is 24.5 Å². The summed E-state index contributed by atoms with van der Waals surface area (Å²) >= 11 is 0. The van der Waals surface area contributed by atoms with Gasteiger partial charge in [-0.05, 0) is 36.4 Å². The molecular weight excluding hydrogens is 350 g/mol. The van der Waals surface area contributed by atoms with E-state index in [1.807, 2.05) is 24.3 Å². The molecule has 0 unspecified atom stereocenters. The van der Waals surface area contributed by atoms with Crippen molar-refractivity contribution in [1.82, 2.24) is 9.38 Å². The maximum absolute atomic E-state index is 12.5. The van der Waals surface area contributed by atoms with Gasteiger partial charge in [0.1, 0.15) is 5.65 Å². The van der Waals surface area contributed by atoms with Gasteiger partial charge in [0.25, 0.3) is 0 Å². The first-order chi connectivity index (χ1) is 13.1. The smallest absolute Gasteiger partial charge is 0.376 e. The Morgan fingerprint density at radius 1 is 1.11 bits per heavy atom. The maximum atomic E-state index is 12.5. The molecule has 0 bridgehead atoms. The first kappa shape index (κ1) is 17.0. The Hall–Kier alpha value is -3.46. The highest BCUT2D eigenvalue weighted by Gasteiger charge is 2.23. The number of aromatic nitrogens is 2. The molecule has 3 aromatic rings. The van der Waals surface area contributed by atoms with E-state index in [0.717, 1.165) is 23.2 Å². The van der Waals surface area contributed by atoms with Crippen molar-refractivity contribution in [3.05, 3.63) is 69.1 Å². The highest BCUT2D eigenvalue weighted by atomic mass is 16.6. The van der Waals surface area contributed by atoms with Crippen LogP contribution in [0.2, 0.25) is 0 Å². The van der Waals surface area contributed by atoms with E-state index < -0.39 is 16.2 Å². The van der Waals surface area contributed by atoms with Gasteiger partial charge < -0.3 is 15.0 Å². The van der Waals surface area contributed by atoms with Crippen LogP contribution in [0, 0.1) is 10.1 Å². The number of nitrogens with zero attached hydrogens (tertiary/aromatic N) is 4. The summed E-state index contributed by atoms with van der Waals surface area (Å²) < 4.78 is 6.51. The Labute approximate surface area is 154 Å². The second-order valence-corrected chi connectivity index (χ2v) is 6.07. The monoisotopic (exact) mass is 367 g/mol. The average molecular weight is 367 g/mol. The third-order valence-corrected chi connectivity index (χ3v) is 4.40. The minimum atomic E-state index is -0.724. The average Bonchev–Trinajstić information content (AvgIpc) is 2.69. The fraction of sp³-hybridized carbons (Fsp3) is 0.222. The van der Waals surface area contributed by atoms with Gasteiger partial charge in [0.05, 0.1) is 18.1 Å². The molecule has 9 nitrogen and oxygen atoms in total. The lowest BCUT2D eigenvalue weighted by Gasteiger charge is -2.28. The lowest BCUT2D eigenvalue weighted by molar-refractivity contribution is -0.385. The number of benzene rings is 1. The van der Waals surface area contributed by atoms with Crippen LogP contribution in [0.3, 0.4) is 0 Å². The number of ether oxygens (including phenoxy) is 1. The topological polar surface area (TPSA) is 102 Å². The van der Waals surface area contributed by atoms with Crippen molar-refractivity contribution in [3.8, 4) is 0 Å². The highest BCUT2D eigenvalue weighted by Crippen LogP contribution is 2.25. The number of rotatable bonds is 4. The number of anilines is 3. The summed E-state index contributed by atoms with van der Waals surface area (Å²) in [6.07, 6.45) is 1.46. The SMILES string of the molecule is O=c1c([N+](=O)[O-])c(Nc2ccc(N3CCOCC3)cc2)nc2ccccn12. The molecule has 0 amide bonds. The maximum Gasteiger partial charge on any atom is 0.376 e. The van der Waals surface area contributed by atoms with Crippen LogP contribution in [-0.4, -0.2) is 40.6 Å². The Morgan fingerprint density at radius 2 is 1.85 bits per heavy atom. The molecule has 0 radical (unpaired) electrons. The Bertz CT molecular complexity index is 1040. The molecule has 138 valence electrons. The molecular formula is C18H17N5O4. The van der Waals surface area contributed by atoms with E-state index in [9.17, 15) is 14.9 Å². The van der Waals surface area contributed by atoms with E-state index in [2.05, 4.69) is 15.2 Å². The minimum Gasteiger partial charge on any atom is -0.378 e. The predicted molar refractivity (Wildman–Crippen MR) is 101 cm³/mol. The standard InChI is InChI=1S/C18H17N5O4/c24-18-16(23(25)26)17(20-15-3-1-2-8-22(15)18)19-13-4-6-14(7-5-13)21-9-11-27-12-10-21/h1-8,19H,9-12H2. The van der Waals surface area contributed by atoms with Gasteiger partial charge >= 0.3 is 11.2 Å². The zero-order valence-electron chi connectivity index (χ0n) is 14.4. The Morgan fingerprint density at radius 3 is 2.56 bits per heavy atom. The third-order valence-electron chi connectivity index (χ3n) is 4.40. The molecule has 0 atom stereocenters. The summed E-state index contributed by atoms with van der Waals surface area (Å²) in [5.41, 5.74) is 0.682. The van der Waals surface area contributed by atoms with Crippen molar-refractivity contribution in [2.24, 2.45) is 0 Å². The van der Waals surface area contributed by atoms with Crippen molar-refractivity contribution in [2.75, 3.05) is 36.5 Å². The van der Waals surface area contributed by atoms with Gasteiger partial charge in [-0.1, -0.05) is 6.07 Å². The van der Waals surface area contributed by atoms with E-state index >= 15 is 0 Å². The van der Waals surface area contributed by atoms with E-state index in [-0.39, 0.29) is 5.82 Å². The van der Waals surface area contributed by atoms with E-state index in [4.69, 9.17) is 4.74 Å². The number of hydrogen-bond donors (Lipinski definition) is 1. The van der Waals surface area contributed by atoms with Crippen LogP contribution < -0.4 is 15.8 Å². The summed E-state index contributed by atoms with van der Waals surface area (Å²) in [5.74, 6) is -0.0738. The molecule has 1 fully saturated rings. The summed E-state index contributed by atoms with van der Waals surface area (Å²) in [7, 11) is 0. The molecule has 1 aliphatic rings. The van der Waals surface area contributed by atoms with Crippen LogP contribution in [0.25, 0.3) is 5.65 Å². The summed E-state index contributed by atoms with van der Waals surface area (Å²) in [6.45, 7) is 3.02. The number of pyridine rings is 1. The minimum absolute atomic E-state index is 0.0738. The molecule has 2 aromatic heterocycles. The van der Waals surface area contributed by atoms with Gasteiger partial charge in [-0.25, -0.2) is 4.98 Å². The third kappa shape index (κ3) is 3.32. The van der Waals surface area contributed by atoms with Crippen LogP contribution in [0.1, 0.15) is 0 Å². The molecule has 0 spiro atoms. The number of fused-ring (bicyclic) bond motifs is 1. The predicted octanol–water partition coefficient (Wildman–Crippen LogP) is 2.18. The number of nitro groups is 1. The number of hydrogen-bond acceptors (Lipinski definition) is 7. The first-order valence-corrected chi connectivity index (χ1v) is 8.49. The van der Waals surface area contributed by atoms with Gasteiger partial charge in [-0.2, -0.15) is 0 Å². The van der Waals surface area contributed by atoms with E-state index in [1.165, 1.54) is 6.20 Å². The molecule has 9 heteroatoms. The zero-order valence-corrected chi connectivity index (χ0v) is 14.4. The molecule has 0 aliphatic carbocycles. The van der Waals surface area contributed by atoms with Gasteiger partial charge in [0.2, 0.25) is 5.82 Å². The Kier molecular flexibility index (Phi) is 4.43. The van der Waals surface area contributed by atoms with Crippen LogP contribution in [0.15, 0.2) is 53.5 Å². The molecule has 4 rings (SSSR count). The van der Waals surface area contributed by atoms with Crippen LogP contribution >= 0.6 is 0 Å². The van der Waals surface area contributed by atoms with Gasteiger partial charge in [0, 0.05) is 30.7 Å². The van der Waals surface area contributed by atoms with Gasteiger partial charge in [0.15, 0.2) is 0 Å². The second kappa shape index (κ2) is 7.04. The van der Waals surface area contributed by atoms with Crippen molar-refractivity contribution in [1.29, 1.82) is 0 Å². The van der Waals surface area contributed by atoms with Crippen LogP contribution in [0.4, 0.5) is 22.9 Å². The fourth-order valence-electron chi connectivity index (χ4n) is 3.05. The van der Waals surface area contributed by atoms with Gasteiger partial charge in [-0.15, -0.1) is 0 Å². The van der Waals surface area contributed by atoms with Crippen molar-refractivity contribution in [2.45, 2.75) is 0 Å². The van der Waals surface area contributed by atoms with Crippen molar-refractivity contribution in [3.63, 3.8) is 0 Å². The fourth-order valence-corrected chi connectivity index (χ4v) is 3.05. The Balaban J connectivity index is 1.67.